The van der Waals surface area contributed by atoms with Crippen molar-refractivity contribution >= 4 is 18.0 Å². The van der Waals surface area contributed by atoms with E-state index in [1.807, 2.05) is 38.1 Å². The zero-order valence-corrected chi connectivity index (χ0v) is 18.5. The molecule has 7 nitrogen and oxygen atoms in total. The van der Waals surface area contributed by atoms with Crippen LogP contribution in [0.1, 0.15) is 50.2 Å². The van der Waals surface area contributed by atoms with Crippen molar-refractivity contribution in [3.05, 3.63) is 59.7 Å². The number of rotatable bonds is 10. The number of carbonyl (C=O) groups excluding carboxylic acids is 2. The van der Waals surface area contributed by atoms with E-state index in [2.05, 4.69) is 34.9 Å². The summed E-state index contributed by atoms with van der Waals surface area (Å²) in [5, 5.41) is 14.1. The minimum atomic E-state index is -0.853. The Balaban J connectivity index is 1.55. The summed E-state index contributed by atoms with van der Waals surface area (Å²) in [6.07, 6.45) is 0.489. The summed E-state index contributed by atoms with van der Waals surface area (Å²) in [6, 6.07) is 15.5. The molecule has 0 fully saturated rings. The van der Waals surface area contributed by atoms with Gasteiger partial charge in [0.2, 0.25) is 5.91 Å². The Morgan fingerprint density at radius 1 is 0.969 bits per heavy atom. The summed E-state index contributed by atoms with van der Waals surface area (Å²) in [7, 11) is 0. The maximum absolute atomic E-state index is 12.5. The number of carboxylic acids is 1. The van der Waals surface area contributed by atoms with E-state index in [4.69, 9.17) is 9.84 Å². The summed E-state index contributed by atoms with van der Waals surface area (Å²) in [5.74, 6) is -1.33. The second-order valence-electron chi connectivity index (χ2n) is 8.33. The van der Waals surface area contributed by atoms with Crippen LogP contribution in [0.15, 0.2) is 48.5 Å². The molecule has 0 saturated carbocycles. The largest absolute Gasteiger partial charge is 0.481 e. The average molecular weight is 439 g/mol. The smallest absolute Gasteiger partial charge is 0.407 e. The molecule has 0 saturated heterocycles. The Kier molecular flexibility index (Phi) is 7.87. The van der Waals surface area contributed by atoms with Crippen molar-refractivity contribution in [1.29, 1.82) is 0 Å². The van der Waals surface area contributed by atoms with Gasteiger partial charge in [-0.1, -0.05) is 62.4 Å². The fourth-order valence-electron chi connectivity index (χ4n) is 4.02. The zero-order chi connectivity index (χ0) is 23.1. The lowest BCUT2D eigenvalue weighted by Gasteiger charge is -2.22. The molecule has 1 atom stereocenters. The fraction of sp³-hybridized carbons (Fsp3) is 0.400. The van der Waals surface area contributed by atoms with Gasteiger partial charge in [-0.25, -0.2) is 4.79 Å². The van der Waals surface area contributed by atoms with Crippen LogP contribution >= 0.6 is 0 Å². The molecule has 2 amide bonds. The SMILES string of the molecule is CC(C)C(NC(=O)OCC1c2ccccc2-c2ccccc21)C(=O)NCCCCC(=O)O. The quantitative estimate of drug-likeness (QED) is 0.488. The number of benzene rings is 2. The van der Waals surface area contributed by atoms with Crippen molar-refractivity contribution in [2.24, 2.45) is 5.92 Å². The van der Waals surface area contributed by atoms with Crippen LogP contribution in [-0.2, 0) is 14.3 Å². The Morgan fingerprint density at radius 3 is 2.12 bits per heavy atom. The number of carbonyl (C=O) groups is 3. The van der Waals surface area contributed by atoms with E-state index >= 15 is 0 Å². The molecule has 1 aliphatic carbocycles. The number of ether oxygens (including phenoxy) is 1. The van der Waals surface area contributed by atoms with Crippen LogP contribution in [0.25, 0.3) is 11.1 Å². The first kappa shape index (κ1) is 23.3. The van der Waals surface area contributed by atoms with Gasteiger partial charge in [0, 0.05) is 18.9 Å². The topological polar surface area (TPSA) is 105 Å². The van der Waals surface area contributed by atoms with Crippen molar-refractivity contribution < 1.29 is 24.2 Å². The highest BCUT2D eigenvalue weighted by molar-refractivity contribution is 5.86. The maximum Gasteiger partial charge on any atom is 0.407 e. The Hall–Kier alpha value is -3.35. The monoisotopic (exact) mass is 438 g/mol. The zero-order valence-electron chi connectivity index (χ0n) is 18.5. The van der Waals surface area contributed by atoms with Crippen LogP contribution in [0.4, 0.5) is 4.79 Å². The third kappa shape index (κ3) is 5.66. The van der Waals surface area contributed by atoms with Crippen LogP contribution < -0.4 is 10.6 Å². The molecule has 0 spiro atoms. The van der Waals surface area contributed by atoms with Gasteiger partial charge >= 0.3 is 12.1 Å². The maximum atomic E-state index is 12.5. The third-order valence-corrected chi connectivity index (χ3v) is 5.68. The van der Waals surface area contributed by atoms with Crippen molar-refractivity contribution in [3.63, 3.8) is 0 Å². The Morgan fingerprint density at radius 2 is 1.56 bits per heavy atom. The summed E-state index contributed by atoms with van der Waals surface area (Å²) in [6.45, 7) is 4.24. The molecule has 2 aromatic rings. The molecule has 0 heterocycles. The lowest BCUT2D eigenvalue weighted by atomic mass is 9.98. The molecular weight excluding hydrogens is 408 g/mol. The van der Waals surface area contributed by atoms with Crippen LogP contribution in [0.2, 0.25) is 0 Å². The van der Waals surface area contributed by atoms with E-state index in [1.165, 1.54) is 0 Å². The first-order valence-electron chi connectivity index (χ1n) is 11.0. The van der Waals surface area contributed by atoms with Crippen molar-refractivity contribution in [2.75, 3.05) is 13.2 Å². The van der Waals surface area contributed by atoms with E-state index in [-0.39, 0.29) is 30.8 Å². The first-order chi connectivity index (χ1) is 15.4. The van der Waals surface area contributed by atoms with E-state index < -0.39 is 18.1 Å². The number of hydrogen-bond acceptors (Lipinski definition) is 4. The highest BCUT2D eigenvalue weighted by Crippen LogP contribution is 2.44. The van der Waals surface area contributed by atoms with Crippen LogP contribution in [0, 0.1) is 5.92 Å². The van der Waals surface area contributed by atoms with Gasteiger partial charge in [-0.2, -0.15) is 0 Å². The molecule has 3 rings (SSSR count). The molecule has 0 aromatic heterocycles. The first-order valence-corrected chi connectivity index (χ1v) is 11.0. The second-order valence-corrected chi connectivity index (χ2v) is 8.33. The van der Waals surface area contributed by atoms with Crippen molar-refractivity contribution in [3.8, 4) is 11.1 Å². The van der Waals surface area contributed by atoms with E-state index in [0.29, 0.717) is 19.4 Å². The molecular formula is C25H30N2O5. The molecule has 1 aliphatic rings. The van der Waals surface area contributed by atoms with Gasteiger partial charge in [0.25, 0.3) is 0 Å². The van der Waals surface area contributed by atoms with Gasteiger partial charge in [0.15, 0.2) is 0 Å². The number of alkyl carbamates (subject to hydrolysis) is 1. The summed E-state index contributed by atoms with van der Waals surface area (Å²) < 4.78 is 5.54. The summed E-state index contributed by atoms with van der Waals surface area (Å²) in [4.78, 5) is 35.6. The van der Waals surface area contributed by atoms with E-state index in [9.17, 15) is 14.4 Å². The number of hydrogen-bond donors (Lipinski definition) is 3. The fourth-order valence-corrected chi connectivity index (χ4v) is 4.02. The van der Waals surface area contributed by atoms with Gasteiger partial charge in [-0.3, -0.25) is 9.59 Å². The number of aliphatic carboxylic acids is 1. The highest BCUT2D eigenvalue weighted by atomic mass is 16.5. The van der Waals surface area contributed by atoms with Gasteiger partial charge in [-0.15, -0.1) is 0 Å². The predicted octanol–water partition coefficient (Wildman–Crippen LogP) is 3.92. The van der Waals surface area contributed by atoms with Crippen molar-refractivity contribution in [2.45, 2.75) is 45.1 Å². The highest BCUT2D eigenvalue weighted by Gasteiger charge is 2.30. The minimum Gasteiger partial charge on any atom is -0.481 e. The number of unbranched alkanes of at least 4 members (excludes halogenated alkanes) is 1. The third-order valence-electron chi connectivity index (χ3n) is 5.68. The molecule has 3 N–H and O–H groups in total. The van der Waals surface area contributed by atoms with Gasteiger partial charge in [0.05, 0.1) is 0 Å². The Bertz CT molecular complexity index is 927. The Labute approximate surface area is 188 Å². The lowest BCUT2D eigenvalue weighted by molar-refractivity contribution is -0.137. The molecule has 0 bridgehead atoms. The molecule has 1 unspecified atom stereocenters. The summed E-state index contributed by atoms with van der Waals surface area (Å²) >= 11 is 0. The standard InChI is InChI=1S/C25H30N2O5/c1-16(2)23(24(30)26-14-8-7-13-22(28)29)27-25(31)32-15-21-19-11-5-3-9-17(19)18-10-4-6-12-20(18)21/h3-6,9-12,16,21,23H,7-8,13-15H2,1-2H3,(H,26,30)(H,27,31)(H,28,29). The van der Waals surface area contributed by atoms with Gasteiger partial charge in [-0.05, 0) is 41.0 Å². The van der Waals surface area contributed by atoms with Crippen LogP contribution in [0.5, 0.6) is 0 Å². The van der Waals surface area contributed by atoms with E-state index in [0.717, 1.165) is 22.3 Å². The molecule has 0 aliphatic heterocycles. The molecule has 32 heavy (non-hydrogen) atoms. The molecule has 0 radical (unpaired) electrons. The minimum absolute atomic E-state index is 0.0475. The number of nitrogens with one attached hydrogen (secondary N) is 2. The lowest BCUT2D eigenvalue weighted by Crippen LogP contribution is -2.50. The number of carboxylic acid groups (broad SMARTS) is 1. The predicted molar refractivity (Wildman–Crippen MR) is 121 cm³/mol. The average Bonchev–Trinajstić information content (AvgIpc) is 3.09. The van der Waals surface area contributed by atoms with Crippen molar-refractivity contribution in [1.82, 2.24) is 10.6 Å². The molecule has 7 heteroatoms. The van der Waals surface area contributed by atoms with E-state index in [1.54, 1.807) is 0 Å². The molecule has 2 aromatic carbocycles. The van der Waals surface area contributed by atoms with Gasteiger partial charge in [0.1, 0.15) is 12.6 Å². The van der Waals surface area contributed by atoms with Crippen LogP contribution in [-0.4, -0.2) is 42.3 Å². The molecule has 170 valence electrons. The van der Waals surface area contributed by atoms with Gasteiger partial charge < -0.3 is 20.5 Å². The second kappa shape index (κ2) is 10.8. The summed E-state index contributed by atoms with van der Waals surface area (Å²) in [5.41, 5.74) is 4.56. The number of fused-ring (bicyclic) bond motifs is 3. The number of amides is 2. The van der Waals surface area contributed by atoms with Crippen LogP contribution in [0.3, 0.4) is 0 Å². The normalized spacial score (nSPS) is 13.2.